The fourth-order valence-electron chi connectivity index (χ4n) is 1.56. The van der Waals surface area contributed by atoms with E-state index in [2.05, 4.69) is 11.8 Å². The molecular formula is C14H17FN2O. The van der Waals surface area contributed by atoms with Crippen molar-refractivity contribution in [3.05, 3.63) is 35.1 Å². The van der Waals surface area contributed by atoms with Crippen LogP contribution >= 0.6 is 0 Å². The molecule has 2 N–H and O–H groups in total. The third-order valence-corrected chi connectivity index (χ3v) is 2.44. The third-order valence-electron chi connectivity index (χ3n) is 2.44. The molecule has 18 heavy (non-hydrogen) atoms. The fraction of sp³-hybridized carbons (Fsp3) is 0.357. The normalized spacial score (nSPS) is 9.56. The highest BCUT2D eigenvalue weighted by Gasteiger charge is 2.15. The summed E-state index contributed by atoms with van der Waals surface area (Å²) in [7, 11) is 1.66. The van der Waals surface area contributed by atoms with Gasteiger partial charge in [-0.1, -0.05) is 18.8 Å². The molecule has 4 heteroatoms. The minimum atomic E-state index is -0.549. The molecule has 1 rings (SSSR count). The van der Waals surface area contributed by atoms with E-state index in [4.69, 9.17) is 5.73 Å². The number of amides is 1. The summed E-state index contributed by atoms with van der Waals surface area (Å²) in [6.07, 6.45) is 0.837. The molecule has 0 heterocycles. The molecule has 96 valence electrons. The highest BCUT2D eigenvalue weighted by molar-refractivity contribution is 5.94. The Labute approximate surface area is 107 Å². The summed E-state index contributed by atoms with van der Waals surface area (Å²) in [5.41, 5.74) is 5.83. The van der Waals surface area contributed by atoms with Crippen LogP contribution in [0.5, 0.6) is 0 Å². The summed E-state index contributed by atoms with van der Waals surface area (Å²) in [5.74, 6) is 4.50. The van der Waals surface area contributed by atoms with Gasteiger partial charge in [0, 0.05) is 19.2 Å². The number of hydrogen-bond donors (Lipinski definition) is 1. The largest absolute Gasteiger partial charge is 0.342 e. The zero-order valence-electron chi connectivity index (χ0n) is 10.7. The standard InChI is InChI=1S/C14H17FN2O/c1-3-9-17(2)14(18)12-7-6-11(5-4-8-16)10-13(12)15/h6-7,10H,3,8-9,16H2,1-2H3. The maximum atomic E-state index is 13.8. The van der Waals surface area contributed by atoms with Gasteiger partial charge in [0.25, 0.3) is 5.91 Å². The van der Waals surface area contributed by atoms with E-state index in [1.807, 2.05) is 6.92 Å². The topological polar surface area (TPSA) is 46.3 Å². The van der Waals surface area contributed by atoms with Crippen LogP contribution in [0.4, 0.5) is 4.39 Å². The Hall–Kier alpha value is -1.86. The summed E-state index contributed by atoms with van der Waals surface area (Å²) in [6.45, 7) is 2.79. The van der Waals surface area contributed by atoms with E-state index in [-0.39, 0.29) is 18.0 Å². The van der Waals surface area contributed by atoms with Crippen molar-refractivity contribution in [3.8, 4) is 11.8 Å². The second-order valence-corrected chi connectivity index (χ2v) is 3.93. The van der Waals surface area contributed by atoms with Crippen LogP contribution in [0.2, 0.25) is 0 Å². The first-order valence-corrected chi connectivity index (χ1v) is 5.84. The van der Waals surface area contributed by atoms with Gasteiger partial charge in [0.05, 0.1) is 12.1 Å². The Morgan fingerprint density at radius 3 is 2.78 bits per heavy atom. The van der Waals surface area contributed by atoms with Crippen molar-refractivity contribution >= 4 is 5.91 Å². The van der Waals surface area contributed by atoms with Crippen LogP contribution in [-0.2, 0) is 0 Å². The number of nitrogens with two attached hydrogens (primary N) is 1. The monoisotopic (exact) mass is 248 g/mol. The Morgan fingerprint density at radius 2 is 2.22 bits per heavy atom. The third kappa shape index (κ3) is 3.57. The van der Waals surface area contributed by atoms with Crippen LogP contribution in [0.1, 0.15) is 29.3 Å². The van der Waals surface area contributed by atoms with E-state index >= 15 is 0 Å². The summed E-state index contributed by atoms with van der Waals surface area (Å²) in [5, 5.41) is 0. The number of hydrogen-bond acceptors (Lipinski definition) is 2. The van der Waals surface area contributed by atoms with E-state index in [9.17, 15) is 9.18 Å². The molecule has 0 atom stereocenters. The smallest absolute Gasteiger partial charge is 0.256 e. The van der Waals surface area contributed by atoms with Crippen LogP contribution in [0.15, 0.2) is 18.2 Å². The molecule has 0 aromatic heterocycles. The summed E-state index contributed by atoms with van der Waals surface area (Å²) in [4.78, 5) is 13.4. The summed E-state index contributed by atoms with van der Waals surface area (Å²) < 4.78 is 13.8. The average Bonchev–Trinajstić information content (AvgIpc) is 2.36. The molecule has 3 nitrogen and oxygen atoms in total. The first-order valence-electron chi connectivity index (χ1n) is 5.84. The van der Waals surface area contributed by atoms with Gasteiger partial charge in [-0.3, -0.25) is 4.79 Å². The first-order chi connectivity index (χ1) is 8.60. The van der Waals surface area contributed by atoms with Crippen molar-refractivity contribution in [2.75, 3.05) is 20.1 Å². The predicted octanol–water partition coefficient (Wildman–Crippen LogP) is 1.62. The van der Waals surface area contributed by atoms with Crippen LogP contribution in [0.3, 0.4) is 0 Å². The fourth-order valence-corrected chi connectivity index (χ4v) is 1.56. The van der Waals surface area contributed by atoms with Gasteiger partial charge in [0.1, 0.15) is 5.82 Å². The van der Waals surface area contributed by atoms with Crippen molar-refractivity contribution < 1.29 is 9.18 Å². The zero-order valence-corrected chi connectivity index (χ0v) is 10.7. The molecule has 0 radical (unpaired) electrons. The molecule has 0 saturated heterocycles. The average molecular weight is 248 g/mol. The molecule has 0 saturated carbocycles. The molecule has 1 aromatic rings. The Kier molecular flexibility index (Phi) is 5.34. The van der Waals surface area contributed by atoms with Gasteiger partial charge in [-0.2, -0.15) is 0 Å². The SMILES string of the molecule is CCCN(C)C(=O)c1ccc(C#CCN)cc1F. The van der Waals surface area contributed by atoms with Crippen LogP contribution < -0.4 is 5.73 Å². The number of carbonyl (C=O) groups is 1. The lowest BCUT2D eigenvalue weighted by Crippen LogP contribution is -2.28. The number of nitrogens with zero attached hydrogens (tertiary/aromatic N) is 1. The molecule has 0 aliphatic rings. The van der Waals surface area contributed by atoms with E-state index in [0.717, 1.165) is 6.42 Å². The minimum absolute atomic E-state index is 0.0734. The molecule has 0 bridgehead atoms. The van der Waals surface area contributed by atoms with E-state index in [1.165, 1.54) is 17.0 Å². The lowest BCUT2D eigenvalue weighted by molar-refractivity contribution is 0.0790. The van der Waals surface area contributed by atoms with E-state index in [1.54, 1.807) is 13.1 Å². The lowest BCUT2D eigenvalue weighted by Gasteiger charge is -2.16. The molecule has 0 aliphatic heterocycles. The molecule has 0 spiro atoms. The maximum absolute atomic E-state index is 13.8. The van der Waals surface area contributed by atoms with Crippen LogP contribution in [0.25, 0.3) is 0 Å². The van der Waals surface area contributed by atoms with E-state index in [0.29, 0.717) is 12.1 Å². The predicted molar refractivity (Wildman–Crippen MR) is 69.6 cm³/mol. The number of carbonyl (C=O) groups excluding carboxylic acids is 1. The van der Waals surface area contributed by atoms with Crippen LogP contribution in [-0.4, -0.2) is 30.9 Å². The van der Waals surface area contributed by atoms with Gasteiger partial charge in [-0.15, -0.1) is 0 Å². The Morgan fingerprint density at radius 1 is 1.50 bits per heavy atom. The van der Waals surface area contributed by atoms with Gasteiger partial charge in [-0.25, -0.2) is 4.39 Å². The second-order valence-electron chi connectivity index (χ2n) is 3.93. The van der Waals surface area contributed by atoms with Gasteiger partial charge in [-0.05, 0) is 24.6 Å². The Balaban J connectivity index is 2.95. The molecule has 1 aromatic carbocycles. The number of halogens is 1. The van der Waals surface area contributed by atoms with E-state index < -0.39 is 5.82 Å². The minimum Gasteiger partial charge on any atom is -0.342 e. The van der Waals surface area contributed by atoms with Gasteiger partial charge < -0.3 is 10.6 Å². The summed E-state index contributed by atoms with van der Waals surface area (Å²) >= 11 is 0. The van der Waals surface area contributed by atoms with Crippen LogP contribution in [0, 0.1) is 17.7 Å². The van der Waals surface area contributed by atoms with Crippen molar-refractivity contribution in [3.63, 3.8) is 0 Å². The molecule has 1 amide bonds. The van der Waals surface area contributed by atoms with Crippen molar-refractivity contribution in [2.24, 2.45) is 5.73 Å². The quantitative estimate of drug-likeness (QED) is 0.826. The van der Waals surface area contributed by atoms with Gasteiger partial charge in [0.15, 0.2) is 0 Å². The maximum Gasteiger partial charge on any atom is 0.256 e. The highest BCUT2D eigenvalue weighted by Crippen LogP contribution is 2.12. The molecule has 0 unspecified atom stereocenters. The second kappa shape index (κ2) is 6.77. The zero-order chi connectivity index (χ0) is 13.5. The van der Waals surface area contributed by atoms with Crippen molar-refractivity contribution in [1.82, 2.24) is 4.90 Å². The molecular weight excluding hydrogens is 231 g/mol. The molecule has 0 fully saturated rings. The number of benzene rings is 1. The Bertz CT molecular complexity index is 488. The lowest BCUT2D eigenvalue weighted by atomic mass is 10.1. The summed E-state index contributed by atoms with van der Waals surface area (Å²) in [6, 6.07) is 4.35. The molecule has 0 aliphatic carbocycles. The highest BCUT2D eigenvalue weighted by atomic mass is 19.1. The van der Waals surface area contributed by atoms with Crippen molar-refractivity contribution in [2.45, 2.75) is 13.3 Å². The van der Waals surface area contributed by atoms with Gasteiger partial charge >= 0.3 is 0 Å². The van der Waals surface area contributed by atoms with Gasteiger partial charge in [0.2, 0.25) is 0 Å². The first kappa shape index (κ1) is 14.2. The number of rotatable bonds is 3. The van der Waals surface area contributed by atoms with Crippen molar-refractivity contribution in [1.29, 1.82) is 0 Å².